The third-order valence-corrected chi connectivity index (χ3v) is 3.89. The lowest BCUT2D eigenvalue weighted by Crippen LogP contribution is -2.42. The molecule has 1 heterocycles. The van der Waals surface area contributed by atoms with Crippen LogP contribution in [0.3, 0.4) is 0 Å². The summed E-state index contributed by atoms with van der Waals surface area (Å²) in [7, 11) is 0. The monoisotopic (exact) mass is 283 g/mol. The van der Waals surface area contributed by atoms with Crippen molar-refractivity contribution in [2.24, 2.45) is 17.8 Å². The lowest BCUT2D eigenvalue weighted by molar-refractivity contribution is 0.166. The van der Waals surface area contributed by atoms with E-state index in [1.807, 2.05) is 0 Å². The van der Waals surface area contributed by atoms with Crippen molar-refractivity contribution in [3.8, 4) is 0 Å². The van der Waals surface area contributed by atoms with Crippen LogP contribution in [0.1, 0.15) is 47.0 Å². The second kappa shape index (κ2) is 9.22. The van der Waals surface area contributed by atoms with E-state index in [1.54, 1.807) is 0 Å². The summed E-state index contributed by atoms with van der Waals surface area (Å²) in [5.74, 6) is 2.03. The number of likely N-dealkylation sites (tertiary alicyclic amines) is 1. The summed E-state index contributed by atoms with van der Waals surface area (Å²) in [6.07, 6.45) is 3.46. The summed E-state index contributed by atoms with van der Waals surface area (Å²) >= 11 is 0. The molecule has 4 heteroatoms. The largest absolute Gasteiger partial charge is 0.338 e. The summed E-state index contributed by atoms with van der Waals surface area (Å²) < 4.78 is 0. The van der Waals surface area contributed by atoms with Gasteiger partial charge < -0.3 is 15.5 Å². The molecule has 2 N–H and O–H groups in total. The van der Waals surface area contributed by atoms with Gasteiger partial charge in [-0.25, -0.2) is 4.79 Å². The third-order valence-electron chi connectivity index (χ3n) is 3.89. The van der Waals surface area contributed by atoms with Crippen LogP contribution in [-0.2, 0) is 0 Å². The first kappa shape index (κ1) is 17.3. The molecule has 0 aromatic rings. The van der Waals surface area contributed by atoms with Gasteiger partial charge in [-0.3, -0.25) is 0 Å². The third kappa shape index (κ3) is 7.73. The van der Waals surface area contributed by atoms with Crippen molar-refractivity contribution >= 4 is 6.03 Å². The van der Waals surface area contributed by atoms with Crippen LogP contribution in [0.25, 0.3) is 0 Å². The van der Waals surface area contributed by atoms with Gasteiger partial charge >= 0.3 is 6.03 Å². The quantitative estimate of drug-likeness (QED) is 0.754. The Kier molecular flexibility index (Phi) is 7.97. The van der Waals surface area contributed by atoms with Gasteiger partial charge in [-0.2, -0.15) is 0 Å². The van der Waals surface area contributed by atoms with Gasteiger partial charge in [0, 0.05) is 19.6 Å². The van der Waals surface area contributed by atoms with Crippen LogP contribution in [0.4, 0.5) is 4.79 Å². The fourth-order valence-electron chi connectivity index (χ4n) is 2.66. The van der Waals surface area contributed by atoms with E-state index in [0.29, 0.717) is 11.8 Å². The smallest absolute Gasteiger partial charge is 0.314 e. The standard InChI is InChI=1S/C16H33N3O/c1-13(2)5-8-17-16(20)18-11-15-6-9-19(10-7-15)12-14(3)4/h13-15H,5-12H2,1-4H3,(H2,17,18,20). The van der Waals surface area contributed by atoms with Crippen LogP contribution < -0.4 is 10.6 Å². The molecule has 0 saturated carbocycles. The molecule has 4 nitrogen and oxygen atoms in total. The predicted octanol–water partition coefficient (Wildman–Crippen LogP) is 2.70. The number of carbonyl (C=O) groups excluding carboxylic acids is 1. The molecule has 20 heavy (non-hydrogen) atoms. The highest BCUT2D eigenvalue weighted by Crippen LogP contribution is 2.17. The van der Waals surface area contributed by atoms with Gasteiger partial charge in [-0.15, -0.1) is 0 Å². The van der Waals surface area contributed by atoms with E-state index in [9.17, 15) is 4.79 Å². The zero-order chi connectivity index (χ0) is 15.0. The number of nitrogens with one attached hydrogen (secondary N) is 2. The molecule has 0 radical (unpaired) electrons. The van der Waals surface area contributed by atoms with Gasteiger partial charge in [0.2, 0.25) is 0 Å². The topological polar surface area (TPSA) is 44.4 Å². The summed E-state index contributed by atoms with van der Waals surface area (Å²) in [6, 6.07) is -0.00439. The molecule has 1 rings (SSSR count). The second-order valence-electron chi connectivity index (χ2n) is 6.96. The molecule has 0 aliphatic carbocycles. The minimum absolute atomic E-state index is 0.00439. The lowest BCUT2D eigenvalue weighted by atomic mass is 9.96. The van der Waals surface area contributed by atoms with Crippen molar-refractivity contribution in [1.29, 1.82) is 0 Å². The van der Waals surface area contributed by atoms with Gasteiger partial charge in [0.15, 0.2) is 0 Å². The minimum Gasteiger partial charge on any atom is -0.338 e. The van der Waals surface area contributed by atoms with Crippen LogP contribution >= 0.6 is 0 Å². The maximum Gasteiger partial charge on any atom is 0.314 e. The predicted molar refractivity (Wildman–Crippen MR) is 84.9 cm³/mol. The van der Waals surface area contributed by atoms with E-state index in [1.165, 1.54) is 32.5 Å². The number of carbonyl (C=O) groups is 1. The molecular formula is C16H33N3O. The number of piperidine rings is 1. The number of hydrogen-bond donors (Lipinski definition) is 2. The van der Waals surface area contributed by atoms with Crippen molar-refractivity contribution in [2.45, 2.75) is 47.0 Å². The van der Waals surface area contributed by atoms with E-state index < -0.39 is 0 Å². The summed E-state index contributed by atoms with van der Waals surface area (Å²) in [5, 5.41) is 5.94. The first-order chi connectivity index (χ1) is 9.47. The van der Waals surface area contributed by atoms with Crippen molar-refractivity contribution in [3.63, 3.8) is 0 Å². The van der Waals surface area contributed by atoms with Crippen molar-refractivity contribution in [1.82, 2.24) is 15.5 Å². The van der Waals surface area contributed by atoms with Gasteiger partial charge in [0.05, 0.1) is 0 Å². The highest BCUT2D eigenvalue weighted by atomic mass is 16.2. The average molecular weight is 283 g/mol. The van der Waals surface area contributed by atoms with E-state index in [0.717, 1.165) is 25.4 Å². The van der Waals surface area contributed by atoms with Crippen molar-refractivity contribution in [3.05, 3.63) is 0 Å². The Bertz CT molecular complexity index is 271. The van der Waals surface area contributed by atoms with Gasteiger partial charge in [0.25, 0.3) is 0 Å². The van der Waals surface area contributed by atoms with Crippen LogP contribution in [0.5, 0.6) is 0 Å². The van der Waals surface area contributed by atoms with Crippen LogP contribution in [-0.4, -0.2) is 43.7 Å². The normalized spacial score (nSPS) is 17.7. The summed E-state index contributed by atoms with van der Waals surface area (Å²) in [4.78, 5) is 14.2. The fraction of sp³-hybridized carbons (Fsp3) is 0.938. The SMILES string of the molecule is CC(C)CCNC(=O)NCC1CCN(CC(C)C)CC1. The maximum absolute atomic E-state index is 11.6. The molecule has 1 aliphatic heterocycles. The molecule has 118 valence electrons. The van der Waals surface area contributed by atoms with Gasteiger partial charge in [-0.05, 0) is 50.1 Å². The van der Waals surface area contributed by atoms with E-state index >= 15 is 0 Å². The average Bonchev–Trinajstić information content (AvgIpc) is 2.37. The summed E-state index contributed by atoms with van der Waals surface area (Å²) in [5.41, 5.74) is 0. The first-order valence-corrected chi connectivity index (χ1v) is 8.21. The molecule has 1 fully saturated rings. The Balaban J connectivity index is 2.07. The Morgan fingerprint density at radius 1 is 1.10 bits per heavy atom. The molecular weight excluding hydrogens is 250 g/mol. The number of amides is 2. The van der Waals surface area contributed by atoms with Crippen LogP contribution in [0.2, 0.25) is 0 Å². The Labute approximate surface area is 124 Å². The van der Waals surface area contributed by atoms with Crippen LogP contribution in [0, 0.1) is 17.8 Å². The Morgan fingerprint density at radius 3 is 2.30 bits per heavy atom. The second-order valence-corrected chi connectivity index (χ2v) is 6.96. The highest BCUT2D eigenvalue weighted by molar-refractivity contribution is 5.73. The number of rotatable bonds is 7. The number of nitrogens with zero attached hydrogens (tertiary/aromatic N) is 1. The van der Waals surface area contributed by atoms with Crippen molar-refractivity contribution in [2.75, 3.05) is 32.7 Å². The lowest BCUT2D eigenvalue weighted by Gasteiger charge is -2.33. The minimum atomic E-state index is -0.00439. The first-order valence-electron chi connectivity index (χ1n) is 8.21. The van der Waals surface area contributed by atoms with Gasteiger partial charge in [-0.1, -0.05) is 27.7 Å². The van der Waals surface area contributed by atoms with E-state index in [4.69, 9.17) is 0 Å². The van der Waals surface area contributed by atoms with E-state index in [2.05, 4.69) is 43.2 Å². The Hall–Kier alpha value is -0.770. The molecule has 0 atom stereocenters. The molecule has 1 saturated heterocycles. The zero-order valence-corrected chi connectivity index (χ0v) is 13.7. The maximum atomic E-state index is 11.6. The molecule has 1 aliphatic rings. The number of hydrogen-bond acceptors (Lipinski definition) is 2. The zero-order valence-electron chi connectivity index (χ0n) is 13.7. The van der Waals surface area contributed by atoms with Gasteiger partial charge in [0.1, 0.15) is 0 Å². The molecule has 0 aromatic carbocycles. The number of urea groups is 1. The molecule has 0 spiro atoms. The van der Waals surface area contributed by atoms with Crippen molar-refractivity contribution < 1.29 is 4.79 Å². The van der Waals surface area contributed by atoms with E-state index in [-0.39, 0.29) is 6.03 Å². The molecule has 0 bridgehead atoms. The Morgan fingerprint density at radius 2 is 1.75 bits per heavy atom. The molecule has 0 aromatic heterocycles. The summed E-state index contributed by atoms with van der Waals surface area (Å²) in [6.45, 7) is 14.0. The molecule has 0 unspecified atom stereocenters. The van der Waals surface area contributed by atoms with Crippen LogP contribution in [0.15, 0.2) is 0 Å². The highest BCUT2D eigenvalue weighted by Gasteiger charge is 2.19. The molecule has 2 amide bonds. The fourth-order valence-corrected chi connectivity index (χ4v) is 2.66.